The summed E-state index contributed by atoms with van der Waals surface area (Å²) in [6.45, 7) is 5.90. The monoisotopic (exact) mass is 418 g/mol. The molecule has 2 aliphatic heterocycles. The normalized spacial score (nSPS) is 18.3. The van der Waals surface area contributed by atoms with E-state index in [0.29, 0.717) is 5.06 Å². The third-order valence-corrected chi connectivity index (χ3v) is 5.16. The van der Waals surface area contributed by atoms with E-state index in [0.717, 1.165) is 0 Å². The third-order valence-electron chi connectivity index (χ3n) is 5.16. The number of rotatable bonds is 4. The summed E-state index contributed by atoms with van der Waals surface area (Å²) < 4.78 is 10.6. The van der Waals surface area contributed by atoms with Gasteiger partial charge in [0.15, 0.2) is 0 Å². The minimum Gasteiger partial charge on any atom is -0.444 e. The average Bonchev–Trinajstić information content (AvgIpc) is 2.92. The van der Waals surface area contributed by atoms with Gasteiger partial charge >= 0.3 is 12.1 Å². The molecule has 2 heterocycles. The number of ether oxygens (including phenoxy) is 2. The van der Waals surface area contributed by atoms with Gasteiger partial charge in [-0.1, -0.05) is 17.2 Å². The van der Waals surface area contributed by atoms with Gasteiger partial charge in [-0.2, -0.15) is 0 Å². The van der Waals surface area contributed by atoms with E-state index in [9.17, 15) is 19.2 Å². The summed E-state index contributed by atoms with van der Waals surface area (Å²) in [6.07, 6.45) is 0.0479. The topological polar surface area (TPSA) is 102 Å². The summed E-state index contributed by atoms with van der Waals surface area (Å²) in [5.41, 5.74) is -1.32. The first-order valence-corrected chi connectivity index (χ1v) is 9.75. The van der Waals surface area contributed by atoms with E-state index in [2.05, 4.69) is 0 Å². The zero-order valence-electron chi connectivity index (χ0n) is 17.6. The molecule has 0 aliphatic carbocycles. The minimum absolute atomic E-state index is 0.0389. The van der Waals surface area contributed by atoms with E-state index in [4.69, 9.17) is 14.3 Å². The summed E-state index contributed by atoms with van der Waals surface area (Å²) >= 11 is 0. The number of imide groups is 1. The molecule has 0 radical (unpaired) electrons. The van der Waals surface area contributed by atoms with E-state index in [1.807, 2.05) is 0 Å². The number of carbonyl (C=O) groups is 4. The number of methoxy groups -OCH3 is 1. The highest BCUT2D eigenvalue weighted by molar-refractivity contribution is 6.20. The molecule has 9 heteroatoms. The Hall–Kier alpha value is -2.94. The van der Waals surface area contributed by atoms with Gasteiger partial charge in [-0.15, -0.1) is 0 Å². The van der Waals surface area contributed by atoms with Crippen molar-refractivity contribution in [3.8, 4) is 0 Å². The van der Waals surface area contributed by atoms with Crippen LogP contribution in [0.2, 0.25) is 0 Å². The maximum absolute atomic E-state index is 13.0. The predicted molar refractivity (Wildman–Crippen MR) is 104 cm³/mol. The second kappa shape index (κ2) is 8.06. The lowest BCUT2D eigenvalue weighted by Gasteiger charge is -2.39. The molecule has 0 atom stereocenters. The summed E-state index contributed by atoms with van der Waals surface area (Å²) in [5.74, 6) is -2.09. The summed E-state index contributed by atoms with van der Waals surface area (Å²) in [7, 11) is 1.46. The van der Waals surface area contributed by atoms with Crippen LogP contribution in [0, 0.1) is 5.41 Å². The lowest BCUT2D eigenvalue weighted by Crippen LogP contribution is -2.51. The number of nitrogens with zero attached hydrogens (tertiary/aromatic N) is 2. The third kappa shape index (κ3) is 4.16. The Labute approximate surface area is 174 Å². The number of benzene rings is 1. The molecule has 9 nitrogen and oxygen atoms in total. The van der Waals surface area contributed by atoms with Crippen LogP contribution in [0.4, 0.5) is 4.79 Å². The second-order valence-corrected chi connectivity index (χ2v) is 8.51. The Morgan fingerprint density at radius 3 is 2.03 bits per heavy atom. The van der Waals surface area contributed by atoms with Crippen molar-refractivity contribution >= 4 is 23.9 Å². The zero-order chi connectivity index (χ0) is 22.1. The zero-order valence-corrected chi connectivity index (χ0v) is 17.6. The molecule has 0 unspecified atom stereocenters. The van der Waals surface area contributed by atoms with Crippen LogP contribution in [-0.2, 0) is 19.1 Å². The minimum atomic E-state index is -1.08. The van der Waals surface area contributed by atoms with Gasteiger partial charge < -0.3 is 19.2 Å². The molecule has 1 fully saturated rings. The van der Waals surface area contributed by atoms with Crippen molar-refractivity contribution < 1.29 is 33.5 Å². The van der Waals surface area contributed by atoms with Crippen molar-refractivity contribution in [1.29, 1.82) is 0 Å². The van der Waals surface area contributed by atoms with Crippen molar-refractivity contribution in [3.63, 3.8) is 0 Å². The van der Waals surface area contributed by atoms with Gasteiger partial charge in [0, 0.05) is 20.2 Å². The fraction of sp³-hybridized carbons (Fsp3) is 0.524. The Balaban J connectivity index is 1.70. The van der Waals surface area contributed by atoms with E-state index in [1.165, 1.54) is 24.1 Å². The first-order chi connectivity index (χ1) is 14.1. The molecule has 162 valence electrons. The van der Waals surface area contributed by atoms with Gasteiger partial charge in [-0.25, -0.2) is 9.59 Å². The number of hydrogen-bond donors (Lipinski definition) is 0. The maximum Gasteiger partial charge on any atom is 0.410 e. The molecule has 0 aromatic heterocycles. The van der Waals surface area contributed by atoms with E-state index < -0.39 is 34.9 Å². The van der Waals surface area contributed by atoms with Crippen molar-refractivity contribution in [1.82, 2.24) is 9.96 Å². The number of amides is 3. The fourth-order valence-corrected chi connectivity index (χ4v) is 3.56. The first kappa shape index (κ1) is 21.8. The second-order valence-electron chi connectivity index (χ2n) is 8.51. The van der Waals surface area contributed by atoms with Gasteiger partial charge in [0.25, 0.3) is 11.8 Å². The molecule has 30 heavy (non-hydrogen) atoms. The Kier molecular flexibility index (Phi) is 5.85. The van der Waals surface area contributed by atoms with E-state index in [-0.39, 0.29) is 43.7 Å². The van der Waals surface area contributed by atoms with Gasteiger partial charge in [0.1, 0.15) is 5.60 Å². The number of carbonyl (C=O) groups excluding carboxylic acids is 4. The van der Waals surface area contributed by atoms with Crippen molar-refractivity contribution in [3.05, 3.63) is 35.4 Å². The Morgan fingerprint density at radius 2 is 1.57 bits per heavy atom. The van der Waals surface area contributed by atoms with Gasteiger partial charge in [0.2, 0.25) is 0 Å². The quantitative estimate of drug-likeness (QED) is 0.692. The molecule has 0 N–H and O–H groups in total. The van der Waals surface area contributed by atoms with Crippen LogP contribution in [0.1, 0.15) is 54.3 Å². The molecular formula is C21H26N2O7. The highest BCUT2D eigenvalue weighted by Crippen LogP contribution is 2.35. The molecule has 3 rings (SSSR count). The van der Waals surface area contributed by atoms with Crippen LogP contribution < -0.4 is 0 Å². The van der Waals surface area contributed by atoms with Crippen LogP contribution in [0.5, 0.6) is 0 Å². The molecule has 0 bridgehead atoms. The molecule has 1 aromatic carbocycles. The number of hydroxylamine groups is 2. The lowest BCUT2D eigenvalue weighted by atomic mass is 9.79. The van der Waals surface area contributed by atoms with Crippen molar-refractivity contribution in [2.24, 2.45) is 5.41 Å². The fourth-order valence-electron chi connectivity index (χ4n) is 3.56. The molecule has 0 saturated carbocycles. The largest absolute Gasteiger partial charge is 0.444 e. The molecule has 0 spiro atoms. The highest BCUT2D eigenvalue weighted by Gasteiger charge is 2.48. The van der Waals surface area contributed by atoms with E-state index >= 15 is 0 Å². The summed E-state index contributed by atoms with van der Waals surface area (Å²) in [6, 6.07) is 6.28. The molecule has 1 aromatic rings. The number of piperidine rings is 1. The van der Waals surface area contributed by atoms with Gasteiger partial charge in [-0.3, -0.25) is 9.59 Å². The maximum atomic E-state index is 13.0. The van der Waals surface area contributed by atoms with E-state index in [1.54, 1.807) is 32.9 Å². The van der Waals surface area contributed by atoms with Crippen LogP contribution in [0.15, 0.2) is 24.3 Å². The van der Waals surface area contributed by atoms with Crippen LogP contribution in [0.25, 0.3) is 0 Å². The Morgan fingerprint density at radius 1 is 1.03 bits per heavy atom. The number of likely N-dealkylation sites (tertiary alicyclic amines) is 1. The SMILES string of the molecule is COCC1(C(=O)ON2C(=O)c3ccccc3C2=O)CCN(C(=O)OC(C)(C)C)CC1. The summed E-state index contributed by atoms with van der Waals surface area (Å²) in [4.78, 5) is 57.1. The highest BCUT2D eigenvalue weighted by atomic mass is 16.7. The summed E-state index contributed by atoms with van der Waals surface area (Å²) in [5, 5.41) is 0.505. The van der Waals surface area contributed by atoms with Crippen molar-refractivity contribution in [2.45, 2.75) is 39.2 Å². The number of fused-ring (bicyclic) bond motifs is 1. The van der Waals surface area contributed by atoms with Crippen LogP contribution in [0.3, 0.4) is 0 Å². The van der Waals surface area contributed by atoms with Crippen molar-refractivity contribution in [2.75, 3.05) is 26.8 Å². The average molecular weight is 418 g/mol. The van der Waals surface area contributed by atoms with Gasteiger partial charge in [0.05, 0.1) is 23.1 Å². The standard InChI is InChI=1S/C21H26N2O7/c1-20(2,3)29-19(27)22-11-9-21(10-12-22,13-28-4)18(26)30-23-16(24)14-7-5-6-8-15(14)17(23)25/h5-8H,9-13H2,1-4H3. The molecular weight excluding hydrogens is 392 g/mol. The van der Waals surface area contributed by atoms with Crippen LogP contribution in [-0.4, -0.2) is 66.2 Å². The number of hydrogen-bond acceptors (Lipinski definition) is 7. The molecule has 2 aliphatic rings. The predicted octanol–water partition coefficient (Wildman–Crippen LogP) is 2.40. The Bertz CT molecular complexity index is 831. The smallest absolute Gasteiger partial charge is 0.410 e. The molecule has 1 saturated heterocycles. The molecule has 3 amide bonds. The first-order valence-electron chi connectivity index (χ1n) is 9.75. The van der Waals surface area contributed by atoms with Crippen LogP contribution >= 0.6 is 0 Å². The lowest BCUT2D eigenvalue weighted by molar-refractivity contribution is -0.188. The van der Waals surface area contributed by atoms with Gasteiger partial charge in [-0.05, 0) is 45.7 Å².